The third-order valence-electron chi connectivity index (χ3n) is 3.75. The Morgan fingerprint density at radius 2 is 1.92 bits per heavy atom. The van der Waals surface area contributed by atoms with Crippen LogP contribution in [-0.2, 0) is 16.6 Å². The summed E-state index contributed by atoms with van der Waals surface area (Å²) in [6, 6.07) is 6.29. The Morgan fingerprint density at radius 1 is 1.28 bits per heavy atom. The first-order valence-corrected chi connectivity index (χ1v) is 9.52. The van der Waals surface area contributed by atoms with Gasteiger partial charge in [0.15, 0.2) is 0 Å². The number of aliphatic hydroxyl groups is 1. The highest BCUT2D eigenvalue weighted by Gasteiger charge is 2.18. The van der Waals surface area contributed by atoms with Crippen LogP contribution < -0.4 is 4.31 Å². The smallest absolute Gasteiger partial charge is 0.254 e. The molecule has 1 heterocycles. The number of sulfonamides is 1. The Labute approximate surface area is 147 Å². The predicted octanol–water partition coefficient (Wildman–Crippen LogP) is 0.749. The molecule has 9 heteroatoms. The van der Waals surface area contributed by atoms with Crippen LogP contribution in [0.1, 0.15) is 21.9 Å². The number of aromatic nitrogens is 2. The van der Waals surface area contributed by atoms with Crippen LogP contribution in [0.3, 0.4) is 0 Å². The molecular formula is C16H22N4O4S. The van der Waals surface area contributed by atoms with Crippen molar-refractivity contribution in [1.82, 2.24) is 14.9 Å². The zero-order valence-electron chi connectivity index (χ0n) is 14.4. The number of H-pyrrole nitrogens is 1. The highest BCUT2D eigenvalue weighted by atomic mass is 32.2. The molecule has 0 spiro atoms. The molecule has 1 amide bonds. The van der Waals surface area contributed by atoms with E-state index in [-0.39, 0.29) is 19.1 Å². The van der Waals surface area contributed by atoms with Crippen LogP contribution in [0.2, 0.25) is 0 Å². The van der Waals surface area contributed by atoms with Crippen molar-refractivity contribution in [2.45, 2.75) is 13.5 Å². The van der Waals surface area contributed by atoms with Gasteiger partial charge in [-0.2, -0.15) is 0 Å². The number of carbonyl (C=O) groups is 1. The number of hydrogen-bond acceptors (Lipinski definition) is 5. The minimum absolute atomic E-state index is 0.159. The molecule has 8 nitrogen and oxygen atoms in total. The first kappa shape index (κ1) is 18.9. The van der Waals surface area contributed by atoms with Crippen molar-refractivity contribution >= 4 is 21.6 Å². The summed E-state index contributed by atoms with van der Waals surface area (Å²) < 4.78 is 24.3. The Morgan fingerprint density at radius 3 is 2.40 bits per heavy atom. The summed E-state index contributed by atoms with van der Waals surface area (Å²) in [6.07, 6.45) is 2.76. The van der Waals surface area contributed by atoms with Gasteiger partial charge in [0.2, 0.25) is 10.0 Å². The lowest BCUT2D eigenvalue weighted by atomic mass is 10.1. The number of benzene rings is 1. The molecule has 0 aliphatic rings. The van der Waals surface area contributed by atoms with E-state index >= 15 is 0 Å². The van der Waals surface area contributed by atoms with Crippen molar-refractivity contribution < 1.29 is 18.3 Å². The number of hydrogen-bond donors (Lipinski definition) is 2. The Bertz CT molecular complexity index is 830. The average Bonchev–Trinajstić information content (AvgIpc) is 2.97. The second kappa shape index (κ2) is 7.66. The number of rotatable bonds is 7. The molecule has 2 N–H and O–H groups in total. The number of amides is 1. The number of imidazole rings is 1. The van der Waals surface area contributed by atoms with Crippen LogP contribution in [0.5, 0.6) is 0 Å². The summed E-state index contributed by atoms with van der Waals surface area (Å²) >= 11 is 0. The number of aromatic amines is 1. The van der Waals surface area contributed by atoms with Crippen LogP contribution in [0.4, 0.5) is 5.69 Å². The molecule has 2 rings (SSSR count). The fourth-order valence-electron chi connectivity index (χ4n) is 2.32. The van der Waals surface area contributed by atoms with Crippen LogP contribution in [-0.4, -0.2) is 60.8 Å². The van der Waals surface area contributed by atoms with Gasteiger partial charge in [-0.1, -0.05) is 0 Å². The van der Waals surface area contributed by atoms with E-state index in [0.717, 1.165) is 22.1 Å². The molecule has 0 radical (unpaired) electrons. The molecule has 2 aromatic rings. The number of aryl methyl sites for hydroxylation is 1. The van der Waals surface area contributed by atoms with E-state index in [1.165, 1.54) is 11.9 Å². The van der Waals surface area contributed by atoms with E-state index < -0.39 is 10.0 Å². The van der Waals surface area contributed by atoms with Gasteiger partial charge in [0.25, 0.3) is 5.91 Å². The van der Waals surface area contributed by atoms with Gasteiger partial charge >= 0.3 is 0 Å². The fraction of sp³-hybridized carbons (Fsp3) is 0.375. The number of anilines is 1. The van der Waals surface area contributed by atoms with Gasteiger partial charge in [-0.25, -0.2) is 13.4 Å². The van der Waals surface area contributed by atoms with Crippen molar-refractivity contribution in [3.63, 3.8) is 0 Å². The summed E-state index contributed by atoms with van der Waals surface area (Å²) in [6.45, 7) is 2.14. The van der Waals surface area contributed by atoms with Gasteiger partial charge in [-0.3, -0.25) is 9.10 Å². The number of nitrogens with one attached hydrogen (secondary N) is 1. The third-order valence-corrected chi connectivity index (χ3v) is 4.95. The van der Waals surface area contributed by atoms with Gasteiger partial charge in [-0.15, -0.1) is 0 Å². The Kier molecular flexibility index (Phi) is 5.81. The van der Waals surface area contributed by atoms with Crippen LogP contribution in [0, 0.1) is 6.92 Å². The van der Waals surface area contributed by atoms with Gasteiger partial charge in [-0.05, 0) is 31.2 Å². The minimum atomic E-state index is -3.36. The largest absolute Gasteiger partial charge is 0.395 e. The number of nitrogens with zero attached hydrogens (tertiary/aromatic N) is 3. The molecule has 0 aliphatic carbocycles. The van der Waals surface area contributed by atoms with Gasteiger partial charge in [0.1, 0.15) is 5.82 Å². The first-order valence-electron chi connectivity index (χ1n) is 7.67. The van der Waals surface area contributed by atoms with E-state index in [1.54, 1.807) is 30.5 Å². The highest BCUT2D eigenvalue weighted by Crippen LogP contribution is 2.18. The standard InChI is InChI=1S/C16H22N4O4S/c1-12-17-10-14(18-12)11-20(8-9-21)16(22)13-4-6-15(7-5-13)19(2)25(3,23)24/h4-7,10,21H,8-9,11H2,1-3H3,(H,17,18). The molecular weight excluding hydrogens is 344 g/mol. The summed E-state index contributed by atoms with van der Waals surface area (Å²) in [5, 5.41) is 9.23. The quantitative estimate of drug-likeness (QED) is 0.752. The lowest BCUT2D eigenvalue weighted by Crippen LogP contribution is -2.33. The normalized spacial score (nSPS) is 11.4. The van der Waals surface area contributed by atoms with Crippen molar-refractivity contribution in [3.8, 4) is 0 Å². The van der Waals surface area contributed by atoms with Gasteiger partial charge in [0, 0.05) is 19.2 Å². The molecule has 0 saturated carbocycles. The zero-order chi connectivity index (χ0) is 18.6. The molecule has 0 saturated heterocycles. The van der Waals surface area contributed by atoms with Crippen molar-refractivity contribution in [2.24, 2.45) is 0 Å². The first-order chi connectivity index (χ1) is 11.7. The minimum Gasteiger partial charge on any atom is -0.395 e. The zero-order valence-corrected chi connectivity index (χ0v) is 15.2. The maximum absolute atomic E-state index is 12.7. The summed E-state index contributed by atoms with van der Waals surface area (Å²) in [4.78, 5) is 21.3. The van der Waals surface area contributed by atoms with Crippen molar-refractivity contribution in [3.05, 3.63) is 47.5 Å². The Hall–Kier alpha value is -2.39. The van der Waals surface area contributed by atoms with Crippen LogP contribution in [0.25, 0.3) is 0 Å². The van der Waals surface area contributed by atoms with Crippen LogP contribution in [0.15, 0.2) is 30.5 Å². The summed E-state index contributed by atoms with van der Waals surface area (Å²) in [7, 11) is -1.91. The SMILES string of the molecule is Cc1ncc(CN(CCO)C(=O)c2ccc(N(C)S(C)(=O)=O)cc2)[nH]1. The van der Waals surface area contributed by atoms with E-state index in [1.807, 2.05) is 6.92 Å². The number of aliphatic hydroxyl groups excluding tert-OH is 1. The molecule has 0 unspecified atom stereocenters. The predicted molar refractivity (Wildman–Crippen MR) is 94.8 cm³/mol. The van der Waals surface area contributed by atoms with E-state index in [9.17, 15) is 18.3 Å². The van der Waals surface area contributed by atoms with E-state index in [4.69, 9.17) is 0 Å². The summed E-state index contributed by atoms with van der Waals surface area (Å²) in [5.74, 6) is 0.495. The lowest BCUT2D eigenvalue weighted by molar-refractivity contribution is 0.0705. The molecule has 0 aliphatic heterocycles. The fourth-order valence-corrected chi connectivity index (χ4v) is 2.82. The molecule has 0 bridgehead atoms. The van der Waals surface area contributed by atoms with E-state index in [0.29, 0.717) is 17.8 Å². The molecule has 25 heavy (non-hydrogen) atoms. The maximum Gasteiger partial charge on any atom is 0.254 e. The monoisotopic (exact) mass is 366 g/mol. The molecule has 0 atom stereocenters. The molecule has 136 valence electrons. The topological polar surface area (TPSA) is 107 Å². The molecule has 1 aromatic carbocycles. The van der Waals surface area contributed by atoms with Gasteiger partial charge < -0.3 is 15.0 Å². The maximum atomic E-state index is 12.7. The number of carbonyl (C=O) groups excluding carboxylic acids is 1. The molecule has 0 fully saturated rings. The summed E-state index contributed by atoms with van der Waals surface area (Å²) in [5.41, 5.74) is 1.65. The average molecular weight is 366 g/mol. The van der Waals surface area contributed by atoms with E-state index in [2.05, 4.69) is 9.97 Å². The lowest BCUT2D eigenvalue weighted by Gasteiger charge is -2.22. The second-order valence-corrected chi connectivity index (χ2v) is 7.74. The second-order valence-electron chi connectivity index (χ2n) is 5.72. The third kappa shape index (κ3) is 4.80. The van der Waals surface area contributed by atoms with Gasteiger partial charge in [0.05, 0.1) is 37.0 Å². The highest BCUT2D eigenvalue weighted by molar-refractivity contribution is 7.92. The van der Waals surface area contributed by atoms with Crippen molar-refractivity contribution in [1.29, 1.82) is 0 Å². The van der Waals surface area contributed by atoms with Crippen molar-refractivity contribution in [2.75, 3.05) is 30.8 Å². The molecule has 1 aromatic heterocycles. The Balaban J connectivity index is 2.18. The van der Waals surface area contributed by atoms with Crippen LogP contribution >= 0.6 is 0 Å².